The van der Waals surface area contributed by atoms with E-state index in [1.165, 1.54) is 56.4 Å². The number of carbonyl (C=O) groups is 1. The quantitative estimate of drug-likeness (QED) is 0.900. The Kier molecular flexibility index (Phi) is 3.77. The van der Waals surface area contributed by atoms with Crippen LogP contribution >= 0.6 is 0 Å². The average molecular weight is 339 g/mol. The number of fused-ring (bicyclic) bond motifs is 2. The van der Waals surface area contributed by atoms with Gasteiger partial charge >= 0.3 is 0 Å². The number of rotatable bonds is 2. The molecule has 0 bridgehead atoms. The maximum atomic E-state index is 12.1. The lowest BCUT2D eigenvalue weighted by Gasteiger charge is -2.49. The molecule has 1 unspecified atom stereocenters. The third-order valence-electron chi connectivity index (χ3n) is 7.12. The minimum absolute atomic E-state index is 0.0507. The topological polar surface area (TPSA) is 35.6 Å². The molecule has 3 aliphatic heterocycles. The summed E-state index contributed by atoms with van der Waals surface area (Å²) in [5.74, 6) is 0.225. The summed E-state index contributed by atoms with van der Waals surface area (Å²) < 4.78 is 0. The first-order chi connectivity index (χ1) is 12.3. The lowest BCUT2D eigenvalue weighted by atomic mass is 9.74. The molecule has 1 amide bonds. The first-order valence-corrected chi connectivity index (χ1v) is 10.1. The lowest BCUT2D eigenvalue weighted by Crippen LogP contribution is -2.56. The maximum Gasteiger partial charge on any atom is 0.220 e. The molecule has 1 aromatic carbocycles. The van der Waals surface area contributed by atoms with Crippen LogP contribution in [-0.4, -0.2) is 49.1 Å². The molecule has 2 saturated heterocycles. The van der Waals surface area contributed by atoms with Crippen molar-refractivity contribution in [2.24, 2.45) is 0 Å². The maximum absolute atomic E-state index is 12.1. The van der Waals surface area contributed by atoms with Crippen LogP contribution in [0, 0.1) is 0 Å². The SMILES string of the molecule is O=C1CC2(CCN1)CN(C1CC(N3CCCCC3)C1)c1ccccc12. The fourth-order valence-corrected chi connectivity index (χ4v) is 5.65. The number of nitrogens with one attached hydrogen (secondary N) is 1. The van der Waals surface area contributed by atoms with Crippen molar-refractivity contribution in [1.82, 2.24) is 10.2 Å². The Morgan fingerprint density at radius 2 is 1.84 bits per heavy atom. The van der Waals surface area contributed by atoms with Crippen LogP contribution in [0.15, 0.2) is 24.3 Å². The molecule has 1 spiro atoms. The van der Waals surface area contributed by atoms with Crippen molar-refractivity contribution in [3.8, 4) is 0 Å². The number of amides is 1. The summed E-state index contributed by atoms with van der Waals surface area (Å²) >= 11 is 0. The molecule has 0 radical (unpaired) electrons. The first-order valence-electron chi connectivity index (χ1n) is 10.1. The van der Waals surface area contributed by atoms with Crippen LogP contribution in [0.1, 0.15) is 50.5 Å². The first kappa shape index (κ1) is 15.7. The van der Waals surface area contributed by atoms with Crippen LogP contribution in [-0.2, 0) is 10.2 Å². The second kappa shape index (κ2) is 6.01. The standard InChI is InChI=1S/C21H29N3O/c25-20-14-21(8-9-22-20)15-24(19-7-3-2-6-18(19)21)17-12-16(13-17)23-10-4-1-5-11-23/h2-3,6-7,16-17H,1,4-5,8-15H2,(H,22,25). The molecule has 4 nitrogen and oxygen atoms in total. The average Bonchev–Trinajstić information content (AvgIpc) is 2.89. The van der Waals surface area contributed by atoms with Crippen molar-refractivity contribution in [3.05, 3.63) is 29.8 Å². The fourth-order valence-electron chi connectivity index (χ4n) is 5.65. The zero-order chi connectivity index (χ0) is 16.9. The number of para-hydroxylation sites is 1. The van der Waals surface area contributed by atoms with E-state index in [-0.39, 0.29) is 11.3 Å². The molecule has 1 saturated carbocycles. The number of likely N-dealkylation sites (tertiary alicyclic amines) is 1. The minimum atomic E-state index is 0.0507. The predicted molar refractivity (Wildman–Crippen MR) is 99.9 cm³/mol. The molecule has 4 aliphatic rings. The summed E-state index contributed by atoms with van der Waals surface area (Å²) in [5.41, 5.74) is 2.88. The van der Waals surface area contributed by atoms with Gasteiger partial charge in [0, 0.05) is 42.7 Å². The van der Waals surface area contributed by atoms with Gasteiger partial charge in [0.2, 0.25) is 5.91 Å². The molecular weight excluding hydrogens is 310 g/mol. The van der Waals surface area contributed by atoms with Crippen LogP contribution in [0.2, 0.25) is 0 Å². The van der Waals surface area contributed by atoms with Crippen LogP contribution in [0.4, 0.5) is 5.69 Å². The van der Waals surface area contributed by atoms with Crippen LogP contribution in [0.3, 0.4) is 0 Å². The van der Waals surface area contributed by atoms with Gasteiger partial charge in [0.15, 0.2) is 0 Å². The summed E-state index contributed by atoms with van der Waals surface area (Å²) in [5, 5.41) is 3.02. The van der Waals surface area contributed by atoms with E-state index < -0.39 is 0 Å². The predicted octanol–water partition coefficient (Wildman–Crippen LogP) is 2.67. The Morgan fingerprint density at radius 1 is 1.04 bits per heavy atom. The molecule has 4 heteroatoms. The van der Waals surface area contributed by atoms with Crippen molar-refractivity contribution in [2.45, 2.75) is 62.4 Å². The second-order valence-electron chi connectivity index (χ2n) is 8.58. The summed E-state index contributed by atoms with van der Waals surface area (Å²) in [6.07, 6.45) is 8.51. The number of hydrogen-bond acceptors (Lipinski definition) is 3. The third kappa shape index (κ3) is 2.57. The Hall–Kier alpha value is -1.55. The molecular formula is C21H29N3O. The Bertz CT molecular complexity index is 663. The minimum Gasteiger partial charge on any atom is -0.367 e. The van der Waals surface area contributed by atoms with Gasteiger partial charge in [-0.15, -0.1) is 0 Å². The van der Waals surface area contributed by atoms with Crippen molar-refractivity contribution >= 4 is 11.6 Å². The second-order valence-corrected chi connectivity index (χ2v) is 8.58. The highest BCUT2D eigenvalue weighted by Gasteiger charge is 2.49. The third-order valence-corrected chi connectivity index (χ3v) is 7.12. The van der Waals surface area contributed by atoms with E-state index in [1.807, 2.05) is 0 Å². The summed E-state index contributed by atoms with van der Waals surface area (Å²) in [6.45, 7) is 4.47. The number of piperidine rings is 2. The zero-order valence-corrected chi connectivity index (χ0v) is 15.0. The summed E-state index contributed by atoms with van der Waals surface area (Å²) in [7, 11) is 0. The van der Waals surface area contributed by atoms with Gasteiger partial charge in [-0.05, 0) is 56.8 Å². The van der Waals surface area contributed by atoms with Crippen LogP contribution in [0.5, 0.6) is 0 Å². The molecule has 5 rings (SSSR count). The van der Waals surface area contributed by atoms with Gasteiger partial charge in [0.1, 0.15) is 0 Å². The molecule has 25 heavy (non-hydrogen) atoms. The summed E-state index contributed by atoms with van der Waals surface area (Å²) in [4.78, 5) is 17.5. The van der Waals surface area contributed by atoms with E-state index in [2.05, 4.69) is 39.4 Å². The van der Waals surface area contributed by atoms with Crippen LogP contribution < -0.4 is 10.2 Å². The van der Waals surface area contributed by atoms with Gasteiger partial charge < -0.3 is 15.1 Å². The molecule has 1 aliphatic carbocycles. The Labute approximate surface area is 150 Å². The fraction of sp³-hybridized carbons (Fsp3) is 0.667. The van der Waals surface area contributed by atoms with E-state index in [1.54, 1.807) is 0 Å². The van der Waals surface area contributed by atoms with E-state index >= 15 is 0 Å². The van der Waals surface area contributed by atoms with Gasteiger partial charge in [-0.25, -0.2) is 0 Å². The molecule has 0 aromatic heterocycles. The molecule has 1 N–H and O–H groups in total. The van der Waals surface area contributed by atoms with Crippen LogP contribution in [0.25, 0.3) is 0 Å². The monoisotopic (exact) mass is 339 g/mol. The zero-order valence-electron chi connectivity index (χ0n) is 15.0. The lowest BCUT2D eigenvalue weighted by molar-refractivity contribution is -0.123. The van der Waals surface area contributed by atoms with Crippen molar-refractivity contribution in [1.29, 1.82) is 0 Å². The van der Waals surface area contributed by atoms with Gasteiger partial charge in [-0.3, -0.25) is 4.79 Å². The van der Waals surface area contributed by atoms with Crippen molar-refractivity contribution in [2.75, 3.05) is 31.1 Å². The highest BCUT2D eigenvalue weighted by molar-refractivity contribution is 5.81. The number of benzene rings is 1. The summed E-state index contributed by atoms with van der Waals surface area (Å²) in [6, 6.07) is 10.3. The van der Waals surface area contributed by atoms with Gasteiger partial charge in [0.25, 0.3) is 0 Å². The number of hydrogen-bond donors (Lipinski definition) is 1. The van der Waals surface area contributed by atoms with Crippen molar-refractivity contribution < 1.29 is 4.79 Å². The smallest absolute Gasteiger partial charge is 0.220 e. The molecule has 134 valence electrons. The Morgan fingerprint density at radius 3 is 2.64 bits per heavy atom. The van der Waals surface area contributed by atoms with E-state index in [0.29, 0.717) is 12.5 Å². The van der Waals surface area contributed by atoms with E-state index in [4.69, 9.17) is 0 Å². The number of nitrogens with zero attached hydrogens (tertiary/aromatic N) is 2. The van der Waals surface area contributed by atoms with Gasteiger partial charge in [-0.2, -0.15) is 0 Å². The van der Waals surface area contributed by atoms with Crippen molar-refractivity contribution in [3.63, 3.8) is 0 Å². The Balaban J connectivity index is 1.34. The van der Waals surface area contributed by atoms with E-state index in [0.717, 1.165) is 25.6 Å². The highest BCUT2D eigenvalue weighted by atomic mass is 16.1. The van der Waals surface area contributed by atoms with Gasteiger partial charge in [-0.1, -0.05) is 24.6 Å². The normalized spacial score (nSPS) is 35.4. The highest BCUT2D eigenvalue weighted by Crippen LogP contribution is 2.49. The van der Waals surface area contributed by atoms with E-state index in [9.17, 15) is 4.79 Å². The molecule has 1 aromatic rings. The number of anilines is 1. The largest absolute Gasteiger partial charge is 0.367 e. The molecule has 3 fully saturated rings. The number of carbonyl (C=O) groups excluding carboxylic acids is 1. The molecule has 3 heterocycles. The van der Waals surface area contributed by atoms with Gasteiger partial charge in [0.05, 0.1) is 0 Å². The molecule has 1 atom stereocenters.